The first kappa shape index (κ1) is 16.0. The fourth-order valence-corrected chi connectivity index (χ4v) is 2.71. The van der Waals surface area contributed by atoms with Crippen LogP contribution in [0.1, 0.15) is 61.3 Å². The van der Waals surface area contributed by atoms with Gasteiger partial charge in [-0.3, -0.25) is 0 Å². The van der Waals surface area contributed by atoms with Crippen molar-refractivity contribution in [1.29, 1.82) is 0 Å². The van der Waals surface area contributed by atoms with Crippen molar-refractivity contribution in [2.75, 3.05) is 13.2 Å². The maximum Gasteiger partial charge on any atom is 0.0517 e. The molecule has 1 fully saturated rings. The normalized spacial score (nSPS) is 29.2. The van der Waals surface area contributed by atoms with E-state index < -0.39 is 0 Å². The smallest absolute Gasteiger partial charge is 0.0517 e. The molecule has 1 rings (SSSR count). The van der Waals surface area contributed by atoms with Gasteiger partial charge in [-0.1, -0.05) is 54.9 Å². The Morgan fingerprint density at radius 1 is 1.25 bits per heavy atom. The average molecular weight is 228 g/mol. The Hall–Kier alpha value is -0.0400. The summed E-state index contributed by atoms with van der Waals surface area (Å²) >= 11 is 0. The van der Waals surface area contributed by atoms with Crippen LogP contribution in [-0.2, 0) is 4.74 Å². The Balaban J connectivity index is 0.00000106. The van der Waals surface area contributed by atoms with Crippen LogP contribution < -0.4 is 0 Å². The van der Waals surface area contributed by atoms with Crippen LogP contribution >= 0.6 is 0 Å². The van der Waals surface area contributed by atoms with Gasteiger partial charge in [-0.2, -0.15) is 0 Å². The van der Waals surface area contributed by atoms with Crippen LogP contribution in [-0.4, -0.2) is 13.2 Å². The lowest BCUT2D eigenvalue weighted by Gasteiger charge is -2.30. The first-order valence-corrected chi connectivity index (χ1v) is 7.04. The van der Waals surface area contributed by atoms with E-state index >= 15 is 0 Å². The lowest BCUT2D eigenvalue weighted by molar-refractivity contribution is 0.0564. The van der Waals surface area contributed by atoms with Crippen molar-refractivity contribution in [3.8, 4) is 0 Å². The van der Waals surface area contributed by atoms with E-state index in [1.54, 1.807) is 0 Å². The van der Waals surface area contributed by atoms with E-state index in [4.69, 9.17) is 4.74 Å². The molecular formula is C15H32O. The zero-order valence-corrected chi connectivity index (χ0v) is 12.5. The summed E-state index contributed by atoms with van der Waals surface area (Å²) in [5, 5.41) is 0. The van der Waals surface area contributed by atoms with Crippen molar-refractivity contribution >= 4 is 0 Å². The van der Waals surface area contributed by atoms with Crippen LogP contribution in [0.15, 0.2) is 0 Å². The van der Waals surface area contributed by atoms with Crippen molar-refractivity contribution < 1.29 is 4.74 Å². The van der Waals surface area contributed by atoms with Gasteiger partial charge in [0, 0.05) is 6.61 Å². The van der Waals surface area contributed by atoms with Crippen LogP contribution in [0.2, 0.25) is 0 Å². The first-order chi connectivity index (χ1) is 7.46. The molecule has 0 aromatic heterocycles. The maximum atomic E-state index is 5.82. The molecule has 16 heavy (non-hydrogen) atoms. The van der Waals surface area contributed by atoms with Gasteiger partial charge < -0.3 is 4.74 Å². The predicted octanol–water partition coefficient (Wildman–Crippen LogP) is 4.76. The topological polar surface area (TPSA) is 9.23 Å². The summed E-state index contributed by atoms with van der Waals surface area (Å²) in [6.45, 7) is 17.6. The van der Waals surface area contributed by atoms with Gasteiger partial charge in [-0.05, 0) is 29.6 Å². The second kappa shape index (κ2) is 7.32. The van der Waals surface area contributed by atoms with Crippen molar-refractivity contribution in [2.24, 2.45) is 23.2 Å². The highest BCUT2D eigenvalue weighted by Gasteiger charge is 2.33. The highest BCUT2D eigenvalue weighted by Crippen LogP contribution is 2.38. The van der Waals surface area contributed by atoms with Crippen molar-refractivity contribution in [3.63, 3.8) is 0 Å². The van der Waals surface area contributed by atoms with Gasteiger partial charge in [0.15, 0.2) is 0 Å². The average Bonchev–Trinajstić information content (AvgIpc) is 2.39. The first-order valence-electron chi connectivity index (χ1n) is 7.04. The van der Waals surface area contributed by atoms with E-state index in [0.717, 1.165) is 31.0 Å². The van der Waals surface area contributed by atoms with Gasteiger partial charge in [-0.25, -0.2) is 0 Å². The Morgan fingerprint density at radius 3 is 2.25 bits per heavy atom. The van der Waals surface area contributed by atoms with E-state index in [1.807, 2.05) is 13.8 Å². The third-order valence-electron chi connectivity index (χ3n) is 3.60. The highest BCUT2D eigenvalue weighted by atomic mass is 16.5. The summed E-state index contributed by atoms with van der Waals surface area (Å²) in [4.78, 5) is 0. The van der Waals surface area contributed by atoms with Gasteiger partial charge in [0.05, 0.1) is 6.61 Å². The molecule has 0 aromatic rings. The zero-order chi connectivity index (χ0) is 12.8. The second-order valence-corrected chi connectivity index (χ2v) is 5.96. The van der Waals surface area contributed by atoms with Crippen LogP contribution in [0.25, 0.3) is 0 Å². The molecule has 2 unspecified atom stereocenters. The molecule has 1 saturated heterocycles. The number of rotatable bonds is 2. The van der Waals surface area contributed by atoms with E-state index in [-0.39, 0.29) is 0 Å². The molecular weight excluding hydrogens is 196 g/mol. The van der Waals surface area contributed by atoms with Gasteiger partial charge in [0.2, 0.25) is 0 Å². The Kier molecular flexibility index (Phi) is 7.30. The maximum absolute atomic E-state index is 5.82. The quantitative estimate of drug-likeness (QED) is 0.662. The molecule has 0 bridgehead atoms. The molecule has 1 aliphatic heterocycles. The SMILES string of the molecule is CC.CCC1CC(C)(C)COCC1C(C)C. The Bertz CT molecular complexity index is 172. The van der Waals surface area contributed by atoms with Gasteiger partial charge >= 0.3 is 0 Å². The van der Waals surface area contributed by atoms with E-state index in [1.165, 1.54) is 12.8 Å². The monoisotopic (exact) mass is 228 g/mol. The largest absolute Gasteiger partial charge is 0.381 e. The molecule has 1 heterocycles. The lowest BCUT2D eigenvalue weighted by Crippen LogP contribution is -2.24. The molecule has 1 aliphatic rings. The zero-order valence-electron chi connectivity index (χ0n) is 12.5. The van der Waals surface area contributed by atoms with Gasteiger partial charge in [0.25, 0.3) is 0 Å². The van der Waals surface area contributed by atoms with Crippen LogP contribution in [0.3, 0.4) is 0 Å². The summed E-state index contributed by atoms with van der Waals surface area (Å²) in [7, 11) is 0. The van der Waals surface area contributed by atoms with Crippen LogP contribution in [0.4, 0.5) is 0 Å². The van der Waals surface area contributed by atoms with Gasteiger partial charge in [-0.15, -0.1) is 0 Å². The molecule has 0 radical (unpaired) electrons. The van der Waals surface area contributed by atoms with Crippen molar-refractivity contribution in [2.45, 2.75) is 61.3 Å². The summed E-state index contributed by atoms with van der Waals surface area (Å²) in [6, 6.07) is 0. The van der Waals surface area contributed by atoms with Crippen LogP contribution in [0, 0.1) is 23.2 Å². The predicted molar refractivity (Wildman–Crippen MR) is 72.7 cm³/mol. The summed E-state index contributed by atoms with van der Waals surface area (Å²) in [5.41, 5.74) is 0.379. The second-order valence-electron chi connectivity index (χ2n) is 5.96. The fraction of sp³-hybridized carbons (Fsp3) is 1.00. The number of ether oxygens (including phenoxy) is 1. The standard InChI is InChI=1S/C13H26O.C2H6/c1-6-11-7-13(4,5)9-14-8-12(11)10(2)3;1-2/h10-12H,6-9H2,1-5H3;1-2H3. The van der Waals surface area contributed by atoms with Crippen molar-refractivity contribution in [1.82, 2.24) is 0 Å². The van der Waals surface area contributed by atoms with Gasteiger partial charge in [0.1, 0.15) is 0 Å². The minimum atomic E-state index is 0.379. The minimum Gasteiger partial charge on any atom is -0.381 e. The summed E-state index contributed by atoms with van der Waals surface area (Å²) in [5.74, 6) is 2.38. The minimum absolute atomic E-state index is 0.379. The third kappa shape index (κ3) is 4.86. The van der Waals surface area contributed by atoms with E-state index in [0.29, 0.717) is 5.41 Å². The Labute approximate surface area is 103 Å². The van der Waals surface area contributed by atoms with E-state index in [9.17, 15) is 0 Å². The molecule has 0 aromatic carbocycles. The molecule has 0 N–H and O–H groups in total. The molecule has 0 spiro atoms. The van der Waals surface area contributed by atoms with E-state index in [2.05, 4.69) is 34.6 Å². The lowest BCUT2D eigenvalue weighted by atomic mass is 9.74. The van der Waals surface area contributed by atoms with Crippen molar-refractivity contribution in [3.05, 3.63) is 0 Å². The summed E-state index contributed by atoms with van der Waals surface area (Å²) < 4.78 is 5.82. The Morgan fingerprint density at radius 2 is 1.81 bits per heavy atom. The molecule has 0 aliphatic carbocycles. The summed E-state index contributed by atoms with van der Waals surface area (Å²) in [6.07, 6.45) is 2.63. The third-order valence-corrected chi connectivity index (χ3v) is 3.60. The molecule has 0 amide bonds. The number of hydrogen-bond acceptors (Lipinski definition) is 1. The fourth-order valence-electron chi connectivity index (χ4n) is 2.71. The molecule has 1 nitrogen and oxygen atoms in total. The molecule has 0 saturated carbocycles. The number of hydrogen-bond donors (Lipinski definition) is 0. The molecule has 98 valence electrons. The van der Waals surface area contributed by atoms with Crippen LogP contribution in [0.5, 0.6) is 0 Å². The molecule has 2 atom stereocenters. The highest BCUT2D eigenvalue weighted by molar-refractivity contribution is 4.82. The molecule has 1 heteroatoms.